The van der Waals surface area contributed by atoms with Crippen molar-refractivity contribution in [2.24, 2.45) is 5.92 Å². The van der Waals surface area contributed by atoms with Crippen LogP contribution in [0.15, 0.2) is 22.6 Å². The lowest BCUT2D eigenvalue weighted by Gasteiger charge is -2.20. The SMILES string of the molecule is O=C(COc1ccc2oc3c(c2c1)CCCC3)NNC(=O)C1CCCCC1. The van der Waals surface area contributed by atoms with Crippen LogP contribution in [0.5, 0.6) is 5.75 Å². The highest BCUT2D eigenvalue weighted by Crippen LogP contribution is 2.33. The molecule has 2 aliphatic carbocycles. The van der Waals surface area contributed by atoms with Gasteiger partial charge >= 0.3 is 0 Å². The first-order chi connectivity index (χ1) is 13.2. The Morgan fingerprint density at radius 2 is 1.85 bits per heavy atom. The van der Waals surface area contributed by atoms with Gasteiger partial charge < -0.3 is 9.15 Å². The van der Waals surface area contributed by atoms with Gasteiger partial charge in [0.05, 0.1) is 0 Å². The van der Waals surface area contributed by atoms with E-state index in [1.165, 1.54) is 24.8 Å². The maximum absolute atomic E-state index is 12.1. The number of ether oxygens (including phenoxy) is 1. The first kappa shape index (κ1) is 17.9. The van der Waals surface area contributed by atoms with Gasteiger partial charge in [-0.15, -0.1) is 0 Å². The molecule has 4 rings (SSSR count). The molecule has 6 nitrogen and oxygen atoms in total. The van der Waals surface area contributed by atoms with E-state index in [9.17, 15) is 9.59 Å². The number of furan rings is 1. The fraction of sp³-hybridized carbons (Fsp3) is 0.524. The van der Waals surface area contributed by atoms with Gasteiger partial charge in [0.2, 0.25) is 5.91 Å². The predicted octanol–water partition coefficient (Wildman–Crippen LogP) is 3.42. The van der Waals surface area contributed by atoms with E-state index < -0.39 is 0 Å². The third kappa shape index (κ3) is 4.10. The molecular formula is C21H26N2O4. The number of carbonyl (C=O) groups excluding carboxylic acids is 2. The van der Waals surface area contributed by atoms with Crippen LogP contribution >= 0.6 is 0 Å². The van der Waals surface area contributed by atoms with Crippen LogP contribution in [-0.4, -0.2) is 18.4 Å². The minimum Gasteiger partial charge on any atom is -0.484 e. The lowest BCUT2D eigenvalue weighted by Crippen LogP contribution is -2.46. The third-order valence-corrected chi connectivity index (χ3v) is 5.60. The van der Waals surface area contributed by atoms with Crippen LogP contribution in [0.3, 0.4) is 0 Å². The highest BCUT2D eigenvalue weighted by atomic mass is 16.5. The van der Waals surface area contributed by atoms with Crippen LogP contribution in [-0.2, 0) is 22.4 Å². The van der Waals surface area contributed by atoms with Gasteiger partial charge in [-0.1, -0.05) is 19.3 Å². The number of aryl methyl sites for hydroxylation is 2. The van der Waals surface area contributed by atoms with Gasteiger partial charge in [-0.2, -0.15) is 0 Å². The maximum Gasteiger partial charge on any atom is 0.276 e. The molecule has 0 radical (unpaired) electrons. The molecule has 0 unspecified atom stereocenters. The first-order valence-corrected chi connectivity index (χ1v) is 9.96. The van der Waals surface area contributed by atoms with Crippen molar-refractivity contribution in [3.63, 3.8) is 0 Å². The molecular weight excluding hydrogens is 344 g/mol. The zero-order chi connectivity index (χ0) is 18.6. The lowest BCUT2D eigenvalue weighted by molar-refractivity contribution is -0.132. The summed E-state index contributed by atoms with van der Waals surface area (Å²) in [6.45, 7) is -0.142. The van der Waals surface area contributed by atoms with E-state index in [-0.39, 0.29) is 24.3 Å². The van der Waals surface area contributed by atoms with Crippen LogP contribution in [0.25, 0.3) is 11.0 Å². The van der Waals surface area contributed by atoms with Crippen molar-refractivity contribution in [3.8, 4) is 5.75 Å². The number of benzene rings is 1. The van der Waals surface area contributed by atoms with Gasteiger partial charge in [0.15, 0.2) is 6.61 Å². The normalized spacial score (nSPS) is 17.3. The molecule has 0 aliphatic heterocycles. The first-order valence-electron chi connectivity index (χ1n) is 9.96. The molecule has 0 atom stereocenters. The molecule has 1 fully saturated rings. The predicted molar refractivity (Wildman–Crippen MR) is 101 cm³/mol. The Labute approximate surface area is 158 Å². The van der Waals surface area contributed by atoms with Gasteiger partial charge in [0.1, 0.15) is 17.1 Å². The summed E-state index contributed by atoms with van der Waals surface area (Å²) in [4.78, 5) is 24.0. The number of amides is 2. The van der Waals surface area contributed by atoms with Gasteiger partial charge in [-0.05, 0) is 50.3 Å². The average Bonchev–Trinajstić information content (AvgIpc) is 3.09. The summed E-state index contributed by atoms with van der Waals surface area (Å²) in [7, 11) is 0. The fourth-order valence-electron chi connectivity index (χ4n) is 4.11. The molecule has 1 heterocycles. The topological polar surface area (TPSA) is 80.6 Å². The second-order valence-corrected chi connectivity index (χ2v) is 7.53. The molecule has 27 heavy (non-hydrogen) atoms. The number of nitrogens with one attached hydrogen (secondary N) is 2. The van der Waals surface area contributed by atoms with E-state index in [0.29, 0.717) is 5.75 Å². The molecule has 2 aromatic rings. The Hall–Kier alpha value is -2.50. The Morgan fingerprint density at radius 3 is 2.70 bits per heavy atom. The maximum atomic E-state index is 12.1. The number of hydrogen-bond acceptors (Lipinski definition) is 4. The summed E-state index contributed by atoms with van der Waals surface area (Å²) in [5.41, 5.74) is 7.11. The quantitative estimate of drug-likeness (QED) is 0.808. The van der Waals surface area contributed by atoms with Gasteiger partial charge in [0, 0.05) is 23.3 Å². The Balaban J connectivity index is 1.30. The number of hydrogen-bond donors (Lipinski definition) is 2. The standard InChI is InChI=1S/C21H26N2O4/c24-20(22-23-21(25)14-6-2-1-3-7-14)13-26-15-10-11-19-17(12-15)16-8-4-5-9-18(16)27-19/h10-12,14H,1-9,13H2,(H,22,24)(H,23,25). The van der Waals surface area contributed by atoms with Gasteiger partial charge in [-0.3, -0.25) is 20.4 Å². The Bertz CT molecular complexity index is 836. The zero-order valence-electron chi connectivity index (χ0n) is 15.5. The van der Waals surface area contributed by atoms with Crippen molar-refractivity contribution in [3.05, 3.63) is 29.5 Å². The van der Waals surface area contributed by atoms with Crippen LogP contribution in [0.2, 0.25) is 0 Å². The van der Waals surface area contributed by atoms with Crippen molar-refractivity contribution >= 4 is 22.8 Å². The van der Waals surface area contributed by atoms with Crippen molar-refractivity contribution < 1.29 is 18.7 Å². The summed E-state index contributed by atoms with van der Waals surface area (Å²) in [6, 6.07) is 5.65. The third-order valence-electron chi connectivity index (χ3n) is 5.60. The summed E-state index contributed by atoms with van der Waals surface area (Å²) < 4.78 is 11.5. The second-order valence-electron chi connectivity index (χ2n) is 7.53. The second kappa shape index (κ2) is 8.03. The van der Waals surface area contributed by atoms with Crippen LogP contribution < -0.4 is 15.6 Å². The molecule has 2 aliphatic rings. The van der Waals surface area contributed by atoms with E-state index in [2.05, 4.69) is 10.9 Å². The molecule has 1 saturated carbocycles. The summed E-state index contributed by atoms with van der Waals surface area (Å²) >= 11 is 0. The monoisotopic (exact) mass is 370 g/mol. The largest absolute Gasteiger partial charge is 0.484 e. The van der Waals surface area contributed by atoms with Gasteiger partial charge in [-0.25, -0.2) is 0 Å². The molecule has 2 N–H and O–H groups in total. The number of fused-ring (bicyclic) bond motifs is 3. The summed E-state index contributed by atoms with van der Waals surface area (Å²) in [5.74, 6) is 1.25. The molecule has 1 aromatic carbocycles. The van der Waals surface area contributed by atoms with Crippen LogP contribution in [0.1, 0.15) is 56.3 Å². The number of carbonyl (C=O) groups is 2. The van der Waals surface area contributed by atoms with Crippen molar-refractivity contribution in [2.75, 3.05) is 6.61 Å². The Kier molecular flexibility index (Phi) is 5.32. The highest BCUT2D eigenvalue weighted by molar-refractivity contribution is 5.85. The van der Waals surface area contributed by atoms with Crippen molar-refractivity contribution in [1.29, 1.82) is 0 Å². The number of rotatable bonds is 4. The van der Waals surface area contributed by atoms with Crippen LogP contribution in [0.4, 0.5) is 0 Å². The molecule has 6 heteroatoms. The van der Waals surface area contributed by atoms with E-state index in [1.807, 2.05) is 18.2 Å². The van der Waals surface area contributed by atoms with E-state index in [1.54, 1.807) is 0 Å². The molecule has 0 saturated heterocycles. The zero-order valence-corrected chi connectivity index (χ0v) is 15.5. The molecule has 0 spiro atoms. The highest BCUT2D eigenvalue weighted by Gasteiger charge is 2.21. The summed E-state index contributed by atoms with van der Waals surface area (Å²) in [5, 5.41) is 1.08. The molecule has 2 amide bonds. The van der Waals surface area contributed by atoms with Crippen molar-refractivity contribution in [1.82, 2.24) is 10.9 Å². The van der Waals surface area contributed by atoms with Crippen LogP contribution in [0, 0.1) is 5.92 Å². The molecule has 1 aromatic heterocycles. The minimum absolute atomic E-state index is 0.00893. The smallest absolute Gasteiger partial charge is 0.276 e. The summed E-state index contributed by atoms with van der Waals surface area (Å²) in [6.07, 6.45) is 9.50. The van der Waals surface area contributed by atoms with E-state index in [4.69, 9.17) is 9.15 Å². The Morgan fingerprint density at radius 1 is 1.04 bits per heavy atom. The molecule has 144 valence electrons. The molecule has 0 bridgehead atoms. The fourth-order valence-corrected chi connectivity index (χ4v) is 4.11. The lowest BCUT2D eigenvalue weighted by atomic mass is 9.89. The van der Waals surface area contributed by atoms with E-state index in [0.717, 1.165) is 55.3 Å². The van der Waals surface area contributed by atoms with Crippen molar-refractivity contribution in [2.45, 2.75) is 57.8 Å². The minimum atomic E-state index is -0.367. The van der Waals surface area contributed by atoms with E-state index >= 15 is 0 Å². The van der Waals surface area contributed by atoms with Gasteiger partial charge in [0.25, 0.3) is 5.91 Å². The number of hydrazine groups is 1. The average molecular weight is 370 g/mol.